The molecule has 0 bridgehead atoms. The monoisotopic (exact) mass is 452 g/mol. The van der Waals surface area contributed by atoms with Crippen molar-refractivity contribution >= 4 is 39.1 Å². The second kappa shape index (κ2) is 7.60. The predicted octanol–water partition coefficient (Wildman–Crippen LogP) is 4.61. The number of aliphatic hydroxyl groups is 1. The molecule has 144 valence electrons. The molecule has 1 atom stereocenters. The van der Waals surface area contributed by atoms with Crippen molar-refractivity contribution in [2.24, 2.45) is 0 Å². The molecule has 0 radical (unpaired) electrons. The van der Waals surface area contributed by atoms with Crippen LogP contribution in [-0.2, 0) is 9.59 Å². The third kappa shape index (κ3) is 3.45. The molecule has 0 aliphatic carbocycles. The Morgan fingerprint density at radius 2 is 1.72 bits per heavy atom. The van der Waals surface area contributed by atoms with Gasteiger partial charge in [0, 0.05) is 28.1 Å². The van der Waals surface area contributed by atoms with E-state index in [4.69, 9.17) is 0 Å². The lowest BCUT2D eigenvalue weighted by atomic mass is 9.96. The van der Waals surface area contributed by atoms with Gasteiger partial charge in [-0.25, -0.2) is 4.39 Å². The summed E-state index contributed by atoms with van der Waals surface area (Å²) in [4.78, 5) is 31.1. The molecule has 1 saturated heterocycles. The Labute approximate surface area is 174 Å². The third-order valence-electron chi connectivity index (χ3n) is 4.67. The molecule has 0 spiro atoms. The summed E-state index contributed by atoms with van der Waals surface area (Å²) in [7, 11) is 0. The Balaban J connectivity index is 1.93. The van der Waals surface area contributed by atoms with E-state index in [2.05, 4.69) is 20.9 Å². The molecule has 5 nitrogen and oxygen atoms in total. The predicted molar refractivity (Wildman–Crippen MR) is 110 cm³/mol. The molecule has 1 aromatic heterocycles. The van der Waals surface area contributed by atoms with E-state index < -0.39 is 23.5 Å². The molecule has 1 N–H and O–H groups in total. The van der Waals surface area contributed by atoms with Crippen LogP contribution in [0.2, 0.25) is 0 Å². The van der Waals surface area contributed by atoms with E-state index in [0.717, 1.165) is 4.47 Å². The first kappa shape index (κ1) is 19.0. The van der Waals surface area contributed by atoms with Crippen molar-refractivity contribution in [3.05, 3.63) is 100 Å². The summed E-state index contributed by atoms with van der Waals surface area (Å²) in [5.41, 5.74) is 1.25. The van der Waals surface area contributed by atoms with E-state index in [-0.39, 0.29) is 11.3 Å². The molecule has 3 aromatic rings. The van der Waals surface area contributed by atoms with Crippen LogP contribution in [0.1, 0.15) is 17.2 Å². The van der Waals surface area contributed by atoms with Crippen molar-refractivity contribution < 1.29 is 19.1 Å². The lowest BCUT2D eigenvalue weighted by Crippen LogP contribution is -2.29. The average molecular weight is 453 g/mol. The van der Waals surface area contributed by atoms with Gasteiger partial charge in [0.05, 0.1) is 11.6 Å². The highest BCUT2D eigenvalue weighted by molar-refractivity contribution is 9.10. The number of hydrogen-bond donors (Lipinski definition) is 1. The molecule has 1 aliphatic rings. The van der Waals surface area contributed by atoms with Crippen LogP contribution in [0.25, 0.3) is 5.76 Å². The van der Waals surface area contributed by atoms with Crippen molar-refractivity contribution in [3.8, 4) is 0 Å². The quantitative estimate of drug-likeness (QED) is 0.357. The molecular formula is C22H14BrFN2O3. The number of amides is 1. The van der Waals surface area contributed by atoms with Gasteiger partial charge in [0.2, 0.25) is 0 Å². The maximum atomic E-state index is 13.4. The number of nitrogens with zero attached hydrogens (tertiary/aromatic N) is 2. The highest BCUT2D eigenvalue weighted by Crippen LogP contribution is 2.41. The molecule has 1 unspecified atom stereocenters. The lowest BCUT2D eigenvalue weighted by molar-refractivity contribution is -0.132. The van der Waals surface area contributed by atoms with Gasteiger partial charge in [-0.3, -0.25) is 19.5 Å². The molecule has 4 rings (SSSR count). The van der Waals surface area contributed by atoms with E-state index >= 15 is 0 Å². The van der Waals surface area contributed by atoms with Gasteiger partial charge in [-0.15, -0.1) is 0 Å². The van der Waals surface area contributed by atoms with E-state index in [9.17, 15) is 19.1 Å². The Hall–Kier alpha value is -3.32. The van der Waals surface area contributed by atoms with Crippen LogP contribution < -0.4 is 4.90 Å². The fourth-order valence-corrected chi connectivity index (χ4v) is 3.58. The van der Waals surface area contributed by atoms with Crippen molar-refractivity contribution in [1.82, 2.24) is 4.98 Å². The number of rotatable bonds is 3. The van der Waals surface area contributed by atoms with E-state index in [0.29, 0.717) is 16.8 Å². The normalized spacial score (nSPS) is 18.3. The average Bonchev–Trinajstić information content (AvgIpc) is 3.00. The number of anilines is 1. The van der Waals surface area contributed by atoms with Crippen LogP contribution in [0, 0.1) is 5.82 Å². The molecule has 2 heterocycles. The Bertz CT molecular complexity index is 1110. The van der Waals surface area contributed by atoms with Gasteiger partial charge in [0.1, 0.15) is 11.6 Å². The Kier molecular flexibility index (Phi) is 4.98. The highest BCUT2D eigenvalue weighted by Gasteiger charge is 2.47. The van der Waals surface area contributed by atoms with Crippen molar-refractivity contribution in [2.75, 3.05) is 4.90 Å². The number of aromatic nitrogens is 1. The summed E-state index contributed by atoms with van der Waals surface area (Å²) in [5.74, 6) is -2.36. The maximum absolute atomic E-state index is 13.4. The maximum Gasteiger partial charge on any atom is 0.300 e. The van der Waals surface area contributed by atoms with Gasteiger partial charge in [0.25, 0.3) is 11.7 Å². The smallest absolute Gasteiger partial charge is 0.300 e. The second-order valence-corrected chi connectivity index (χ2v) is 7.35. The minimum Gasteiger partial charge on any atom is -0.507 e. The number of pyridine rings is 1. The summed E-state index contributed by atoms with van der Waals surface area (Å²) < 4.78 is 14.2. The number of carbonyl (C=O) groups excluding carboxylic acids is 2. The summed E-state index contributed by atoms with van der Waals surface area (Å²) in [6.45, 7) is 0. The zero-order valence-electron chi connectivity index (χ0n) is 14.9. The van der Waals surface area contributed by atoms with Gasteiger partial charge in [0.15, 0.2) is 0 Å². The van der Waals surface area contributed by atoms with Crippen molar-refractivity contribution in [3.63, 3.8) is 0 Å². The molecule has 0 saturated carbocycles. The third-order valence-corrected chi connectivity index (χ3v) is 5.20. The molecule has 1 fully saturated rings. The van der Waals surface area contributed by atoms with E-state index in [1.807, 2.05) is 0 Å². The lowest BCUT2D eigenvalue weighted by Gasteiger charge is -2.25. The Morgan fingerprint density at radius 3 is 2.34 bits per heavy atom. The first-order valence-corrected chi connectivity index (χ1v) is 9.49. The Morgan fingerprint density at radius 1 is 1.03 bits per heavy atom. The molecule has 2 aromatic carbocycles. The van der Waals surface area contributed by atoms with Crippen LogP contribution in [0.4, 0.5) is 10.1 Å². The SMILES string of the molecule is O=C1C(=O)N(c2ccc(F)cc2)C(c2cccnc2)/C1=C(/O)c1ccc(Br)cc1. The summed E-state index contributed by atoms with van der Waals surface area (Å²) in [5, 5.41) is 10.9. The van der Waals surface area contributed by atoms with Crippen LogP contribution in [0.3, 0.4) is 0 Å². The first-order valence-electron chi connectivity index (χ1n) is 8.70. The van der Waals surface area contributed by atoms with Gasteiger partial charge >= 0.3 is 0 Å². The van der Waals surface area contributed by atoms with Gasteiger partial charge in [-0.2, -0.15) is 0 Å². The summed E-state index contributed by atoms with van der Waals surface area (Å²) in [6, 6.07) is 14.5. The number of ketones is 1. The van der Waals surface area contributed by atoms with Crippen LogP contribution >= 0.6 is 15.9 Å². The first-order chi connectivity index (χ1) is 14.0. The molecule has 1 amide bonds. The minimum atomic E-state index is -0.891. The van der Waals surface area contributed by atoms with Gasteiger partial charge in [-0.1, -0.05) is 34.1 Å². The molecule has 29 heavy (non-hydrogen) atoms. The molecular weight excluding hydrogens is 439 g/mol. The number of hydrogen-bond acceptors (Lipinski definition) is 4. The molecule has 1 aliphatic heterocycles. The minimum absolute atomic E-state index is 0.0466. The largest absolute Gasteiger partial charge is 0.507 e. The summed E-state index contributed by atoms with van der Waals surface area (Å²) in [6.07, 6.45) is 3.10. The zero-order chi connectivity index (χ0) is 20.5. The van der Waals surface area contributed by atoms with Gasteiger partial charge in [-0.05, 0) is 48.0 Å². The van der Waals surface area contributed by atoms with Gasteiger partial charge < -0.3 is 5.11 Å². The fourth-order valence-electron chi connectivity index (χ4n) is 3.32. The molecule has 7 heteroatoms. The zero-order valence-corrected chi connectivity index (χ0v) is 16.5. The number of halogens is 2. The second-order valence-electron chi connectivity index (χ2n) is 6.44. The van der Waals surface area contributed by atoms with Crippen LogP contribution in [-0.4, -0.2) is 21.8 Å². The number of Topliss-reactive ketones (excluding diaryl/α,β-unsaturated/α-hetero) is 1. The van der Waals surface area contributed by atoms with E-state index in [1.54, 1.807) is 42.6 Å². The highest BCUT2D eigenvalue weighted by atomic mass is 79.9. The van der Waals surface area contributed by atoms with Crippen LogP contribution in [0.15, 0.2) is 83.1 Å². The van der Waals surface area contributed by atoms with Crippen LogP contribution in [0.5, 0.6) is 0 Å². The van der Waals surface area contributed by atoms with Crippen molar-refractivity contribution in [1.29, 1.82) is 0 Å². The number of benzene rings is 2. The van der Waals surface area contributed by atoms with Crippen molar-refractivity contribution in [2.45, 2.75) is 6.04 Å². The topological polar surface area (TPSA) is 70.5 Å². The number of carbonyl (C=O) groups is 2. The standard InChI is InChI=1S/C22H14BrFN2O3/c23-15-5-3-13(4-6-15)20(27)18-19(14-2-1-11-25-12-14)26(22(29)21(18)28)17-9-7-16(24)8-10-17/h1-12,19,27H/b20-18-. The fraction of sp³-hybridized carbons (Fsp3) is 0.0455. The number of aliphatic hydroxyl groups excluding tert-OH is 1. The van der Waals surface area contributed by atoms with E-state index in [1.165, 1.54) is 35.4 Å². The summed E-state index contributed by atoms with van der Waals surface area (Å²) >= 11 is 3.33.